The van der Waals surface area contributed by atoms with Crippen LogP contribution in [0.2, 0.25) is 0 Å². The molecule has 0 unspecified atom stereocenters. The Morgan fingerprint density at radius 1 is 1.04 bits per heavy atom. The van der Waals surface area contributed by atoms with Crippen LogP contribution in [0.3, 0.4) is 0 Å². The van der Waals surface area contributed by atoms with Gasteiger partial charge in [-0.3, -0.25) is 0 Å². The number of likely N-dealkylation sites (tertiary alicyclic amines) is 1. The Bertz CT molecular complexity index is 989. The van der Waals surface area contributed by atoms with Crippen LogP contribution in [-0.4, -0.2) is 41.3 Å². The fourth-order valence-electron chi connectivity index (χ4n) is 3.72. The largest absolute Gasteiger partial charge is 0.364 e. The van der Waals surface area contributed by atoms with Crippen LogP contribution in [0.1, 0.15) is 18.4 Å². The second kappa shape index (κ2) is 7.19. The Hall–Kier alpha value is -2.60. The number of hydrogen-bond acceptors (Lipinski definition) is 4. The van der Waals surface area contributed by atoms with Gasteiger partial charge in [0.25, 0.3) is 0 Å². The monoisotopic (exact) mass is 368 g/mol. The third-order valence-electron chi connectivity index (χ3n) is 5.18. The summed E-state index contributed by atoms with van der Waals surface area (Å²) >= 11 is 0. The molecular formula is C21H22F2N4. The van der Waals surface area contributed by atoms with E-state index >= 15 is 0 Å². The van der Waals surface area contributed by atoms with E-state index in [1.165, 1.54) is 0 Å². The van der Waals surface area contributed by atoms with Crippen molar-refractivity contribution in [1.82, 2.24) is 15.1 Å². The van der Waals surface area contributed by atoms with E-state index in [0.29, 0.717) is 17.6 Å². The van der Waals surface area contributed by atoms with Gasteiger partial charge in [0, 0.05) is 28.9 Å². The van der Waals surface area contributed by atoms with Gasteiger partial charge in [-0.05, 0) is 45.0 Å². The molecule has 140 valence electrons. The van der Waals surface area contributed by atoms with E-state index in [1.807, 2.05) is 24.3 Å². The first-order valence-electron chi connectivity index (χ1n) is 9.20. The number of anilines is 1. The summed E-state index contributed by atoms with van der Waals surface area (Å²) in [4.78, 5) is 2.29. The maximum absolute atomic E-state index is 14.5. The van der Waals surface area contributed by atoms with Gasteiger partial charge in [-0.1, -0.05) is 30.3 Å². The summed E-state index contributed by atoms with van der Waals surface area (Å²) in [6.07, 6.45) is 2.20. The van der Waals surface area contributed by atoms with E-state index in [1.54, 1.807) is 19.1 Å². The number of fused-ring (bicyclic) bond motifs is 1. The van der Waals surface area contributed by atoms with E-state index < -0.39 is 11.6 Å². The van der Waals surface area contributed by atoms with Crippen LogP contribution in [0.4, 0.5) is 14.6 Å². The summed E-state index contributed by atoms with van der Waals surface area (Å²) in [5.74, 6) is -1.04. The molecule has 4 nitrogen and oxygen atoms in total. The molecule has 1 fully saturated rings. The van der Waals surface area contributed by atoms with Crippen LogP contribution in [-0.2, 0) is 0 Å². The number of rotatable bonds is 3. The normalized spacial score (nSPS) is 18.0. The molecule has 0 saturated carbocycles. The predicted molar refractivity (Wildman–Crippen MR) is 104 cm³/mol. The SMILES string of the molecule is Cc1ccc(-c2nnc(N[C@@H]3CCCN(C)C3)c3ccccc23)c(F)c1F. The molecule has 6 heteroatoms. The van der Waals surface area contributed by atoms with Crippen molar-refractivity contribution >= 4 is 16.6 Å². The lowest BCUT2D eigenvalue weighted by Gasteiger charge is -2.30. The number of aromatic nitrogens is 2. The fraction of sp³-hybridized carbons (Fsp3) is 0.333. The zero-order chi connectivity index (χ0) is 19.0. The average molecular weight is 368 g/mol. The summed E-state index contributed by atoms with van der Waals surface area (Å²) in [6, 6.07) is 11.0. The van der Waals surface area contributed by atoms with Crippen molar-refractivity contribution < 1.29 is 8.78 Å². The van der Waals surface area contributed by atoms with Crippen molar-refractivity contribution in [2.24, 2.45) is 0 Å². The Balaban J connectivity index is 1.78. The Labute approximate surface area is 157 Å². The third-order valence-corrected chi connectivity index (χ3v) is 5.18. The van der Waals surface area contributed by atoms with E-state index in [2.05, 4.69) is 27.5 Å². The molecule has 0 aliphatic carbocycles. The molecule has 1 N–H and O–H groups in total. The molecule has 1 aromatic heterocycles. The zero-order valence-electron chi connectivity index (χ0n) is 15.5. The second-order valence-electron chi connectivity index (χ2n) is 7.25. The first-order chi connectivity index (χ1) is 13.0. The highest BCUT2D eigenvalue weighted by molar-refractivity contribution is 6.00. The molecule has 1 atom stereocenters. The average Bonchev–Trinajstić information content (AvgIpc) is 2.67. The fourth-order valence-corrected chi connectivity index (χ4v) is 3.72. The number of piperidine rings is 1. The van der Waals surface area contributed by atoms with Gasteiger partial charge >= 0.3 is 0 Å². The third kappa shape index (κ3) is 3.37. The summed E-state index contributed by atoms with van der Waals surface area (Å²) in [5.41, 5.74) is 0.757. The van der Waals surface area contributed by atoms with E-state index in [9.17, 15) is 8.78 Å². The second-order valence-corrected chi connectivity index (χ2v) is 7.25. The molecule has 0 spiro atoms. The number of hydrogen-bond donors (Lipinski definition) is 1. The van der Waals surface area contributed by atoms with Crippen molar-refractivity contribution in [3.05, 3.63) is 53.6 Å². The molecule has 2 heterocycles. The van der Waals surface area contributed by atoms with Crippen LogP contribution in [0.5, 0.6) is 0 Å². The predicted octanol–water partition coefficient (Wildman–Crippen LogP) is 4.39. The van der Waals surface area contributed by atoms with Crippen LogP contribution >= 0.6 is 0 Å². The van der Waals surface area contributed by atoms with Crippen LogP contribution in [0, 0.1) is 18.6 Å². The number of halogens is 2. The van der Waals surface area contributed by atoms with Gasteiger partial charge < -0.3 is 10.2 Å². The van der Waals surface area contributed by atoms with Crippen LogP contribution in [0.25, 0.3) is 22.0 Å². The number of likely N-dealkylation sites (N-methyl/N-ethyl adjacent to an activating group) is 1. The standard InChI is InChI=1S/C21H22F2N4/c1-13-9-10-17(19(23)18(13)22)20-15-7-3-4-8-16(15)21(26-25-20)24-14-6-5-11-27(2)12-14/h3-4,7-10,14H,5-6,11-12H2,1-2H3,(H,24,26)/t14-/m1/s1. The van der Waals surface area contributed by atoms with Gasteiger partial charge in [0.2, 0.25) is 0 Å². The smallest absolute Gasteiger partial charge is 0.168 e. The minimum atomic E-state index is -0.885. The number of aryl methyl sites for hydroxylation is 1. The lowest BCUT2D eigenvalue weighted by Crippen LogP contribution is -2.40. The molecule has 1 aliphatic rings. The molecule has 27 heavy (non-hydrogen) atoms. The van der Waals surface area contributed by atoms with Crippen molar-refractivity contribution in [2.75, 3.05) is 25.5 Å². The highest BCUT2D eigenvalue weighted by Gasteiger charge is 2.21. The minimum absolute atomic E-state index is 0.130. The van der Waals surface area contributed by atoms with Gasteiger partial charge in [-0.2, -0.15) is 0 Å². The van der Waals surface area contributed by atoms with Crippen molar-refractivity contribution in [3.63, 3.8) is 0 Å². The van der Waals surface area contributed by atoms with Gasteiger partial charge in [-0.25, -0.2) is 8.78 Å². The summed E-state index contributed by atoms with van der Waals surface area (Å²) in [7, 11) is 2.11. The van der Waals surface area contributed by atoms with Crippen molar-refractivity contribution in [2.45, 2.75) is 25.8 Å². The highest BCUT2D eigenvalue weighted by Crippen LogP contribution is 2.33. The van der Waals surface area contributed by atoms with Crippen molar-refractivity contribution in [1.29, 1.82) is 0 Å². The van der Waals surface area contributed by atoms with Gasteiger partial charge in [0.1, 0.15) is 5.69 Å². The zero-order valence-corrected chi connectivity index (χ0v) is 15.5. The summed E-state index contributed by atoms with van der Waals surface area (Å²) < 4.78 is 28.6. The quantitative estimate of drug-likeness (QED) is 0.744. The molecule has 4 rings (SSSR count). The Morgan fingerprint density at radius 2 is 1.81 bits per heavy atom. The molecule has 0 amide bonds. The number of nitrogens with zero attached hydrogens (tertiary/aromatic N) is 3. The number of nitrogens with one attached hydrogen (secondary N) is 1. The van der Waals surface area contributed by atoms with E-state index in [0.717, 1.165) is 36.7 Å². The van der Waals surface area contributed by atoms with Gasteiger partial charge in [0.05, 0.1) is 0 Å². The number of benzene rings is 2. The first kappa shape index (κ1) is 17.8. The topological polar surface area (TPSA) is 41.1 Å². The molecule has 3 aromatic rings. The summed E-state index contributed by atoms with van der Waals surface area (Å²) in [6.45, 7) is 3.58. The van der Waals surface area contributed by atoms with Crippen LogP contribution in [0.15, 0.2) is 36.4 Å². The van der Waals surface area contributed by atoms with Crippen molar-refractivity contribution in [3.8, 4) is 11.3 Å². The first-order valence-corrected chi connectivity index (χ1v) is 9.20. The molecule has 1 aliphatic heterocycles. The van der Waals surface area contributed by atoms with E-state index in [4.69, 9.17) is 0 Å². The maximum Gasteiger partial charge on any atom is 0.168 e. The Morgan fingerprint density at radius 3 is 2.59 bits per heavy atom. The molecule has 1 saturated heterocycles. The van der Waals surface area contributed by atoms with Crippen LogP contribution < -0.4 is 5.32 Å². The molecule has 0 bridgehead atoms. The molecule has 0 radical (unpaired) electrons. The van der Waals surface area contributed by atoms with Gasteiger partial charge in [-0.15, -0.1) is 10.2 Å². The summed E-state index contributed by atoms with van der Waals surface area (Å²) in [5, 5.41) is 13.7. The highest BCUT2D eigenvalue weighted by atomic mass is 19.2. The lowest BCUT2D eigenvalue weighted by atomic mass is 10.0. The Kier molecular flexibility index (Phi) is 4.74. The molecule has 2 aromatic carbocycles. The lowest BCUT2D eigenvalue weighted by molar-refractivity contribution is 0.261. The van der Waals surface area contributed by atoms with Gasteiger partial charge in [0.15, 0.2) is 17.5 Å². The minimum Gasteiger partial charge on any atom is -0.364 e. The molecular weight excluding hydrogens is 346 g/mol. The maximum atomic E-state index is 14.5. The van der Waals surface area contributed by atoms with E-state index in [-0.39, 0.29) is 11.1 Å².